The molecule has 0 saturated heterocycles. The minimum Gasteiger partial charge on any atom is -0.454 e. The van der Waals surface area contributed by atoms with Crippen molar-refractivity contribution in [1.29, 1.82) is 0 Å². The van der Waals surface area contributed by atoms with Crippen molar-refractivity contribution in [3.8, 4) is 22.8 Å². The molecule has 0 radical (unpaired) electrons. The van der Waals surface area contributed by atoms with E-state index in [0.717, 1.165) is 5.56 Å². The summed E-state index contributed by atoms with van der Waals surface area (Å²) in [5, 5.41) is 3.93. The molecular weight excluding hydrogens is 468 g/mol. The molecule has 3 aromatic carbocycles. The molecule has 5 rings (SSSR count). The Kier molecular flexibility index (Phi) is 6.25. The van der Waals surface area contributed by atoms with Crippen LogP contribution in [-0.4, -0.2) is 29.8 Å². The van der Waals surface area contributed by atoms with E-state index in [4.69, 9.17) is 25.8 Å². The van der Waals surface area contributed by atoms with Gasteiger partial charge in [0.05, 0.1) is 16.8 Å². The van der Waals surface area contributed by atoms with Crippen LogP contribution in [0.1, 0.15) is 22.8 Å². The van der Waals surface area contributed by atoms with Gasteiger partial charge in [-0.15, -0.1) is 0 Å². The third-order valence-electron chi connectivity index (χ3n) is 5.64. The zero-order chi connectivity index (χ0) is 24.4. The SMILES string of the molecule is CC(OC(=O)c1cc(-c2ccccc2Cl)nc2ccccc12)C(=O)NCc1ccc2c(c1)OCO2. The molecule has 1 unspecified atom stereocenters. The first-order chi connectivity index (χ1) is 17.0. The molecule has 176 valence electrons. The lowest BCUT2D eigenvalue weighted by Crippen LogP contribution is -2.35. The summed E-state index contributed by atoms with van der Waals surface area (Å²) in [6, 6.07) is 21.6. The number of fused-ring (bicyclic) bond motifs is 2. The molecule has 1 aliphatic rings. The number of aromatic nitrogens is 1. The van der Waals surface area contributed by atoms with E-state index < -0.39 is 18.0 Å². The molecule has 0 fully saturated rings. The fourth-order valence-corrected chi connectivity index (χ4v) is 4.05. The lowest BCUT2D eigenvalue weighted by atomic mass is 10.0. The second kappa shape index (κ2) is 9.64. The molecule has 1 atom stereocenters. The number of nitrogens with zero attached hydrogens (tertiary/aromatic N) is 1. The molecule has 0 bridgehead atoms. The number of nitrogens with one attached hydrogen (secondary N) is 1. The first kappa shape index (κ1) is 22.7. The van der Waals surface area contributed by atoms with Gasteiger partial charge in [-0.25, -0.2) is 9.78 Å². The second-order valence-corrected chi connectivity index (χ2v) is 8.41. The third-order valence-corrected chi connectivity index (χ3v) is 5.97. The number of rotatable bonds is 6. The number of halogens is 1. The Morgan fingerprint density at radius 2 is 1.80 bits per heavy atom. The highest BCUT2D eigenvalue weighted by molar-refractivity contribution is 6.33. The van der Waals surface area contributed by atoms with Gasteiger partial charge in [-0.3, -0.25) is 4.79 Å². The lowest BCUT2D eigenvalue weighted by molar-refractivity contribution is -0.129. The highest BCUT2D eigenvalue weighted by Crippen LogP contribution is 2.32. The van der Waals surface area contributed by atoms with Gasteiger partial charge >= 0.3 is 5.97 Å². The smallest absolute Gasteiger partial charge is 0.339 e. The minimum atomic E-state index is -1.01. The van der Waals surface area contributed by atoms with Gasteiger partial charge in [0.15, 0.2) is 17.6 Å². The Morgan fingerprint density at radius 1 is 1.03 bits per heavy atom. The van der Waals surface area contributed by atoms with Crippen molar-refractivity contribution in [1.82, 2.24) is 10.3 Å². The van der Waals surface area contributed by atoms with E-state index >= 15 is 0 Å². The molecule has 1 aliphatic heterocycles. The molecule has 7 nitrogen and oxygen atoms in total. The normalized spacial score (nSPS) is 12.9. The molecule has 4 aromatic rings. The number of hydrogen-bond acceptors (Lipinski definition) is 6. The summed E-state index contributed by atoms with van der Waals surface area (Å²) in [6.45, 7) is 1.97. The second-order valence-electron chi connectivity index (χ2n) is 8.01. The molecule has 35 heavy (non-hydrogen) atoms. The Hall–Kier alpha value is -4.10. The summed E-state index contributed by atoms with van der Waals surface area (Å²) in [4.78, 5) is 30.5. The number of esters is 1. The number of benzene rings is 3. The predicted octanol–water partition coefficient (Wildman–Crippen LogP) is 5.15. The average Bonchev–Trinajstić information content (AvgIpc) is 3.34. The number of carbonyl (C=O) groups is 2. The maximum atomic E-state index is 13.2. The molecule has 0 spiro atoms. The zero-order valence-electron chi connectivity index (χ0n) is 18.8. The van der Waals surface area contributed by atoms with Crippen LogP contribution in [0.25, 0.3) is 22.2 Å². The maximum Gasteiger partial charge on any atom is 0.339 e. The van der Waals surface area contributed by atoms with Crippen molar-refractivity contribution in [2.75, 3.05) is 6.79 Å². The van der Waals surface area contributed by atoms with Crippen molar-refractivity contribution in [2.45, 2.75) is 19.6 Å². The van der Waals surface area contributed by atoms with Gasteiger partial charge in [0, 0.05) is 22.5 Å². The Morgan fingerprint density at radius 3 is 2.66 bits per heavy atom. The van der Waals surface area contributed by atoms with Crippen molar-refractivity contribution in [2.24, 2.45) is 0 Å². The fraction of sp³-hybridized carbons (Fsp3) is 0.148. The highest BCUT2D eigenvalue weighted by Gasteiger charge is 2.22. The van der Waals surface area contributed by atoms with Crippen LogP contribution in [0.15, 0.2) is 72.8 Å². The summed E-state index contributed by atoms with van der Waals surface area (Å²) >= 11 is 6.36. The summed E-state index contributed by atoms with van der Waals surface area (Å²) in [7, 11) is 0. The van der Waals surface area contributed by atoms with Gasteiger partial charge in [0.2, 0.25) is 6.79 Å². The maximum absolute atomic E-state index is 13.2. The molecule has 1 N–H and O–H groups in total. The van der Waals surface area contributed by atoms with Gasteiger partial charge in [0.1, 0.15) is 0 Å². The predicted molar refractivity (Wildman–Crippen MR) is 131 cm³/mol. The van der Waals surface area contributed by atoms with E-state index in [-0.39, 0.29) is 13.3 Å². The first-order valence-electron chi connectivity index (χ1n) is 11.0. The molecule has 0 saturated carbocycles. The average molecular weight is 489 g/mol. The van der Waals surface area contributed by atoms with Crippen molar-refractivity contribution >= 4 is 34.4 Å². The van der Waals surface area contributed by atoms with E-state index in [1.807, 2.05) is 42.5 Å². The van der Waals surface area contributed by atoms with Crippen LogP contribution in [-0.2, 0) is 16.1 Å². The Bertz CT molecular complexity index is 1440. The molecule has 0 aliphatic carbocycles. The van der Waals surface area contributed by atoms with Crippen LogP contribution in [0.4, 0.5) is 0 Å². The van der Waals surface area contributed by atoms with Crippen molar-refractivity contribution < 1.29 is 23.8 Å². The van der Waals surface area contributed by atoms with E-state index in [1.165, 1.54) is 6.92 Å². The molecule has 1 amide bonds. The van der Waals surface area contributed by atoms with Crippen LogP contribution in [0.2, 0.25) is 5.02 Å². The number of carbonyl (C=O) groups excluding carboxylic acids is 2. The van der Waals surface area contributed by atoms with E-state index in [0.29, 0.717) is 44.2 Å². The zero-order valence-corrected chi connectivity index (χ0v) is 19.5. The van der Waals surface area contributed by atoms with Crippen molar-refractivity contribution in [3.63, 3.8) is 0 Å². The van der Waals surface area contributed by atoms with Crippen LogP contribution in [0.3, 0.4) is 0 Å². The standard InChI is InChI=1S/C27H21ClN2O5/c1-16(26(31)29-14-17-10-11-24-25(12-17)34-15-33-24)35-27(32)20-13-23(19-7-2-4-8-21(19)28)30-22-9-5-3-6-18(20)22/h2-13,16H,14-15H2,1H3,(H,29,31). The molecular formula is C27H21ClN2O5. The molecule has 2 heterocycles. The monoisotopic (exact) mass is 488 g/mol. The number of amides is 1. The van der Waals surface area contributed by atoms with Crippen LogP contribution < -0.4 is 14.8 Å². The van der Waals surface area contributed by atoms with Crippen LogP contribution in [0, 0.1) is 0 Å². The summed E-state index contributed by atoms with van der Waals surface area (Å²) in [5.41, 5.74) is 3.01. The van der Waals surface area contributed by atoms with Gasteiger partial charge in [-0.05, 0) is 42.8 Å². The fourth-order valence-electron chi connectivity index (χ4n) is 3.81. The van der Waals surface area contributed by atoms with E-state index in [2.05, 4.69) is 10.3 Å². The Labute approximate surface area is 206 Å². The summed E-state index contributed by atoms with van der Waals surface area (Å²) in [6.07, 6.45) is -1.01. The van der Waals surface area contributed by atoms with Crippen LogP contribution in [0.5, 0.6) is 11.5 Å². The van der Waals surface area contributed by atoms with E-state index in [9.17, 15) is 9.59 Å². The third kappa shape index (κ3) is 4.76. The number of para-hydroxylation sites is 1. The highest BCUT2D eigenvalue weighted by atomic mass is 35.5. The quantitative estimate of drug-likeness (QED) is 0.378. The minimum absolute atomic E-state index is 0.181. The summed E-state index contributed by atoms with van der Waals surface area (Å²) in [5.74, 6) is 0.265. The lowest BCUT2D eigenvalue weighted by Gasteiger charge is -2.15. The first-order valence-corrected chi connectivity index (χ1v) is 11.4. The number of pyridine rings is 1. The van der Waals surface area contributed by atoms with Gasteiger partial charge in [0.25, 0.3) is 5.91 Å². The largest absolute Gasteiger partial charge is 0.454 e. The Balaban J connectivity index is 1.33. The number of ether oxygens (including phenoxy) is 3. The molecule has 8 heteroatoms. The van der Waals surface area contributed by atoms with E-state index in [1.54, 1.807) is 30.3 Å². The summed E-state index contributed by atoms with van der Waals surface area (Å²) < 4.78 is 16.2. The van der Waals surface area contributed by atoms with Gasteiger partial charge < -0.3 is 19.5 Å². The van der Waals surface area contributed by atoms with Gasteiger partial charge in [-0.2, -0.15) is 0 Å². The number of hydrogen-bond donors (Lipinski definition) is 1. The topological polar surface area (TPSA) is 86.8 Å². The van der Waals surface area contributed by atoms with Crippen molar-refractivity contribution in [3.05, 3.63) is 88.9 Å². The molecule has 1 aromatic heterocycles. The van der Waals surface area contributed by atoms with Crippen LogP contribution >= 0.6 is 11.6 Å². The van der Waals surface area contributed by atoms with Gasteiger partial charge in [-0.1, -0.05) is 54.1 Å².